The van der Waals surface area contributed by atoms with Crippen LogP contribution in [0.5, 0.6) is 17.2 Å². The summed E-state index contributed by atoms with van der Waals surface area (Å²) in [6.07, 6.45) is 1.10. The van der Waals surface area contributed by atoms with E-state index in [-0.39, 0.29) is 18.7 Å². The molecule has 0 fully saturated rings. The minimum atomic E-state index is -0.0415. The summed E-state index contributed by atoms with van der Waals surface area (Å²) in [7, 11) is 1.64. The molecule has 0 saturated heterocycles. The molecule has 5 heteroatoms. The van der Waals surface area contributed by atoms with E-state index in [0.717, 1.165) is 28.4 Å². The van der Waals surface area contributed by atoms with Crippen LogP contribution < -0.4 is 19.5 Å². The fourth-order valence-electron chi connectivity index (χ4n) is 2.64. The first-order chi connectivity index (χ1) is 11.7. The Morgan fingerprint density at radius 3 is 2.67 bits per heavy atom. The van der Waals surface area contributed by atoms with E-state index in [1.54, 1.807) is 7.11 Å². The fraction of sp³-hybridized carbons (Fsp3) is 0.316. The summed E-state index contributed by atoms with van der Waals surface area (Å²) in [5, 5.41) is 3.02. The molecule has 1 aliphatic heterocycles. The number of methoxy groups -OCH3 is 1. The van der Waals surface area contributed by atoms with Gasteiger partial charge in [0.2, 0.25) is 12.7 Å². The van der Waals surface area contributed by atoms with E-state index in [1.807, 2.05) is 49.4 Å². The summed E-state index contributed by atoms with van der Waals surface area (Å²) < 4.78 is 15.8. The van der Waals surface area contributed by atoms with Gasteiger partial charge in [-0.1, -0.05) is 18.2 Å². The monoisotopic (exact) mass is 327 g/mol. The first kappa shape index (κ1) is 16.2. The Hall–Kier alpha value is -2.69. The predicted molar refractivity (Wildman–Crippen MR) is 90.4 cm³/mol. The molecule has 0 spiro atoms. The molecule has 1 amide bonds. The Labute approximate surface area is 141 Å². The molecule has 1 aliphatic rings. The number of amides is 1. The van der Waals surface area contributed by atoms with E-state index in [9.17, 15) is 4.79 Å². The number of ether oxygens (including phenoxy) is 3. The lowest BCUT2D eigenvalue weighted by molar-refractivity contribution is -0.121. The molecule has 0 saturated carbocycles. The minimum absolute atomic E-state index is 0.0241. The molecule has 3 rings (SSSR count). The van der Waals surface area contributed by atoms with Crippen LogP contribution in [0.1, 0.15) is 30.5 Å². The molecule has 126 valence electrons. The lowest BCUT2D eigenvalue weighted by Gasteiger charge is -2.15. The summed E-state index contributed by atoms with van der Waals surface area (Å²) in [5.41, 5.74) is 2.11. The van der Waals surface area contributed by atoms with E-state index in [1.165, 1.54) is 0 Å². The zero-order valence-corrected chi connectivity index (χ0v) is 13.9. The number of aryl methyl sites for hydroxylation is 1. The van der Waals surface area contributed by atoms with Crippen LogP contribution in [-0.2, 0) is 11.2 Å². The molecule has 24 heavy (non-hydrogen) atoms. The van der Waals surface area contributed by atoms with Crippen LogP contribution in [0.4, 0.5) is 0 Å². The van der Waals surface area contributed by atoms with Crippen molar-refractivity contribution in [1.82, 2.24) is 5.32 Å². The summed E-state index contributed by atoms with van der Waals surface area (Å²) >= 11 is 0. The number of carbonyl (C=O) groups excluding carboxylic acids is 1. The van der Waals surface area contributed by atoms with Gasteiger partial charge in [0.25, 0.3) is 0 Å². The van der Waals surface area contributed by atoms with Gasteiger partial charge in [0.05, 0.1) is 13.2 Å². The smallest absolute Gasteiger partial charge is 0.231 e. The third-order valence-electron chi connectivity index (χ3n) is 4.07. The predicted octanol–water partition coefficient (Wildman–Crippen LogP) is 3.23. The highest BCUT2D eigenvalue weighted by atomic mass is 16.7. The lowest BCUT2D eigenvalue weighted by Crippen LogP contribution is -2.26. The SMILES string of the molecule is COc1ccc([C@@H](C)NC(=O)CCc2ccc3c(c2)OCO3)cc1. The third kappa shape index (κ3) is 3.79. The molecule has 0 radical (unpaired) electrons. The largest absolute Gasteiger partial charge is 0.497 e. The highest BCUT2D eigenvalue weighted by Gasteiger charge is 2.14. The summed E-state index contributed by atoms with van der Waals surface area (Å²) in [6, 6.07) is 13.4. The third-order valence-corrected chi connectivity index (χ3v) is 4.07. The zero-order chi connectivity index (χ0) is 16.9. The number of nitrogens with one attached hydrogen (secondary N) is 1. The van der Waals surface area contributed by atoms with Crippen molar-refractivity contribution in [1.29, 1.82) is 0 Å². The molecule has 1 N–H and O–H groups in total. The van der Waals surface area contributed by atoms with Crippen LogP contribution in [0.2, 0.25) is 0 Å². The van der Waals surface area contributed by atoms with Crippen molar-refractivity contribution in [3.05, 3.63) is 53.6 Å². The van der Waals surface area contributed by atoms with Gasteiger partial charge in [0.15, 0.2) is 11.5 Å². The Morgan fingerprint density at radius 2 is 1.92 bits per heavy atom. The van der Waals surface area contributed by atoms with Crippen molar-refractivity contribution in [3.8, 4) is 17.2 Å². The van der Waals surface area contributed by atoms with Gasteiger partial charge in [0.1, 0.15) is 5.75 Å². The molecular weight excluding hydrogens is 306 g/mol. The quantitative estimate of drug-likeness (QED) is 0.885. The normalized spacial score (nSPS) is 13.4. The number of fused-ring (bicyclic) bond motifs is 1. The average Bonchev–Trinajstić information content (AvgIpc) is 3.07. The highest BCUT2D eigenvalue weighted by Crippen LogP contribution is 2.32. The fourth-order valence-corrected chi connectivity index (χ4v) is 2.64. The summed E-state index contributed by atoms with van der Waals surface area (Å²) in [6.45, 7) is 2.24. The standard InChI is InChI=1S/C19H21NO4/c1-13(15-5-7-16(22-2)8-6-15)20-19(21)10-4-14-3-9-17-18(11-14)24-12-23-17/h3,5-9,11,13H,4,10,12H2,1-2H3,(H,20,21)/t13-/m1/s1. The Balaban J connectivity index is 1.51. The minimum Gasteiger partial charge on any atom is -0.497 e. The number of benzene rings is 2. The van der Waals surface area contributed by atoms with Crippen LogP contribution in [0.25, 0.3) is 0 Å². The van der Waals surface area contributed by atoms with Gasteiger partial charge in [-0.3, -0.25) is 4.79 Å². The van der Waals surface area contributed by atoms with E-state index in [4.69, 9.17) is 14.2 Å². The van der Waals surface area contributed by atoms with Crippen LogP contribution in [-0.4, -0.2) is 19.8 Å². The van der Waals surface area contributed by atoms with Crippen molar-refractivity contribution in [2.45, 2.75) is 25.8 Å². The maximum absolute atomic E-state index is 12.2. The maximum atomic E-state index is 12.2. The molecule has 0 aliphatic carbocycles. The zero-order valence-electron chi connectivity index (χ0n) is 13.9. The second kappa shape index (κ2) is 7.25. The first-order valence-electron chi connectivity index (χ1n) is 7.97. The Kier molecular flexibility index (Phi) is 4.89. The lowest BCUT2D eigenvalue weighted by atomic mass is 10.1. The van der Waals surface area contributed by atoms with Crippen molar-refractivity contribution < 1.29 is 19.0 Å². The highest BCUT2D eigenvalue weighted by molar-refractivity contribution is 5.76. The van der Waals surface area contributed by atoms with Gasteiger partial charge >= 0.3 is 0 Å². The topological polar surface area (TPSA) is 56.8 Å². The van der Waals surface area contributed by atoms with Gasteiger partial charge in [-0.25, -0.2) is 0 Å². The molecule has 2 aromatic rings. The Bertz CT molecular complexity index is 712. The second-order valence-electron chi connectivity index (χ2n) is 5.75. The van der Waals surface area contributed by atoms with Crippen molar-refractivity contribution in [2.75, 3.05) is 13.9 Å². The van der Waals surface area contributed by atoms with Crippen molar-refractivity contribution in [3.63, 3.8) is 0 Å². The number of hydrogen-bond acceptors (Lipinski definition) is 4. The number of rotatable bonds is 6. The van der Waals surface area contributed by atoms with Crippen molar-refractivity contribution >= 4 is 5.91 Å². The molecular formula is C19H21NO4. The molecule has 1 atom stereocenters. The molecule has 5 nitrogen and oxygen atoms in total. The molecule has 0 unspecified atom stereocenters. The number of hydrogen-bond donors (Lipinski definition) is 1. The molecule has 1 heterocycles. The van der Waals surface area contributed by atoms with E-state index < -0.39 is 0 Å². The van der Waals surface area contributed by atoms with Crippen LogP contribution in [0, 0.1) is 0 Å². The van der Waals surface area contributed by atoms with E-state index in [0.29, 0.717) is 12.8 Å². The van der Waals surface area contributed by atoms with Crippen molar-refractivity contribution in [2.24, 2.45) is 0 Å². The van der Waals surface area contributed by atoms with Crippen LogP contribution in [0.3, 0.4) is 0 Å². The number of carbonyl (C=O) groups is 1. The van der Waals surface area contributed by atoms with E-state index in [2.05, 4.69) is 5.32 Å². The van der Waals surface area contributed by atoms with E-state index >= 15 is 0 Å². The molecule has 2 aromatic carbocycles. The maximum Gasteiger partial charge on any atom is 0.231 e. The van der Waals surface area contributed by atoms with Gasteiger partial charge in [-0.15, -0.1) is 0 Å². The average molecular weight is 327 g/mol. The van der Waals surface area contributed by atoms with Gasteiger partial charge in [-0.05, 0) is 48.7 Å². The summed E-state index contributed by atoms with van der Waals surface area (Å²) in [5.74, 6) is 2.34. The van der Waals surface area contributed by atoms with Gasteiger partial charge in [-0.2, -0.15) is 0 Å². The Morgan fingerprint density at radius 1 is 1.17 bits per heavy atom. The summed E-state index contributed by atoms with van der Waals surface area (Å²) in [4.78, 5) is 12.2. The van der Waals surface area contributed by atoms with Gasteiger partial charge < -0.3 is 19.5 Å². The first-order valence-corrected chi connectivity index (χ1v) is 7.97. The molecule has 0 aromatic heterocycles. The molecule has 0 bridgehead atoms. The van der Waals surface area contributed by atoms with Crippen LogP contribution >= 0.6 is 0 Å². The van der Waals surface area contributed by atoms with Gasteiger partial charge in [0, 0.05) is 6.42 Å². The second-order valence-corrected chi connectivity index (χ2v) is 5.75. The van der Waals surface area contributed by atoms with Crippen LogP contribution in [0.15, 0.2) is 42.5 Å².